The first-order valence-electron chi connectivity index (χ1n) is 6.75. The third kappa shape index (κ3) is 4.96. The van der Waals surface area contributed by atoms with E-state index in [0.29, 0.717) is 19.7 Å². The molecule has 0 bridgehead atoms. The number of nitrogens with zero attached hydrogens (tertiary/aromatic N) is 3. The van der Waals surface area contributed by atoms with Crippen molar-refractivity contribution in [2.45, 2.75) is 26.7 Å². The quantitative estimate of drug-likeness (QED) is 0.385. The molecule has 8 heteroatoms. The summed E-state index contributed by atoms with van der Waals surface area (Å²) in [6.45, 7) is 6.38. The molecule has 0 fully saturated rings. The van der Waals surface area contributed by atoms with Crippen LogP contribution in [0.15, 0.2) is 6.33 Å². The molecule has 0 aliphatic heterocycles. The van der Waals surface area contributed by atoms with Gasteiger partial charge >= 0.3 is 5.69 Å². The maximum Gasteiger partial charge on any atom is 0.353 e. The van der Waals surface area contributed by atoms with E-state index in [0.717, 1.165) is 19.4 Å². The molecule has 1 heterocycles. The Morgan fingerprint density at radius 2 is 1.95 bits per heavy atom. The van der Waals surface area contributed by atoms with Crippen LogP contribution in [0.1, 0.15) is 26.7 Å². The van der Waals surface area contributed by atoms with Crippen molar-refractivity contribution in [1.29, 1.82) is 0 Å². The highest BCUT2D eigenvalue weighted by molar-refractivity contribution is 5.69. The van der Waals surface area contributed by atoms with Gasteiger partial charge in [-0.25, -0.2) is 9.97 Å². The first kappa shape index (κ1) is 16.1. The minimum Gasteiger partial charge on any atom is -0.381 e. The molecule has 0 radical (unpaired) electrons. The Labute approximate surface area is 118 Å². The van der Waals surface area contributed by atoms with Crippen molar-refractivity contribution in [3.63, 3.8) is 0 Å². The van der Waals surface area contributed by atoms with Crippen molar-refractivity contribution in [3.05, 3.63) is 16.4 Å². The Kier molecular flexibility index (Phi) is 7.26. The van der Waals surface area contributed by atoms with Gasteiger partial charge < -0.3 is 15.4 Å². The highest BCUT2D eigenvalue weighted by Crippen LogP contribution is 2.28. The van der Waals surface area contributed by atoms with Gasteiger partial charge in [0.25, 0.3) is 0 Å². The van der Waals surface area contributed by atoms with E-state index in [1.165, 1.54) is 6.33 Å². The molecule has 0 saturated heterocycles. The van der Waals surface area contributed by atoms with Crippen LogP contribution in [0, 0.1) is 10.1 Å². The normalized spacial score (nSPS) is 10.3. The van der Waals surface area contributed by atoms with Gasteiger partial charge in [0.2, 0.25) is 11.6 Å². The Morgan fingerprint density at radius 3 is 2.55 bits per heavy atom. The molecule has 0 aromatic carbocycles. The zero-order valence-electron chi connectivity index (χ0n) is 11.9. The highest BCUT2D eigenvalue weighted by Gasteiger charge is 2.21. The van der Waals surface area contributed by atoms with E-state index in [1.54, 1.807) is 0 Å². The lowest BCUT2D eigenvalue weighted by Gasteiger charge is -2.09. The summed E-state index contributed by atoms with van der Waals surface area (Å²) in [6.07, 6.45) is 3.05. The second kappa shape index (κ2) is 9.03. The number of nitro groups is 1. The van der Waals surface area contributed by atoms with E-state index < -0.39 is 4.92 Å². The second-order valence-corrected chi connectivity index (χ2v) is 4.10. The predicted molar refractivity (Wildman–Crippen MR) is 77.1 cm³/mol. The van der Waals surface area contributed by atoms with Crippen molar-refractivity contribution < 1.29 is 9.66 Å². The number of hydrogen-bond acceptors (Lipinski definition) is 7. The molecule has 1 aromatic rings. The largest absolute Gasteiger partial charge is 0.381 e. The highest BCUT2D eigenvalue weighted by atomic mass is 16.6. The van der Waals surface area contributed by atoms with Gasteiger partial charge in [0, 0.05) is 26.3 Å². The average Bonchev–Trinajstić information content (AvgIpc) is 2.43. The van der Waals surface area contributed by atoms with E-state index in [-0.39, 0.29) is 17.3 Å². The summed E-state index contributed by atoms with van der Waals surface area (Å²) in [5.41, 5.74) is -0.121. The van der Waals surface area contributed by atoms with Gasteiger partial charge in [-0.2, -0.15) is 0 Å². The SMILES string of the molecule is CCCOCCCNc1ncnc(NCC)c1[N+](=O)[O-]. The molecule has 8 nitrogen and oxygen atoms in total. The Hall–Kier alpha value is -1.96. The van der Waals surface area contributed by atoms with Gasteiger partial charge in [-0.1, -0.05) is 6.92 Å². The van der Waals surface area contributed by atoms with Crippen LogP contribution in [0.4, 0.5) is 17.3 Å². The molecular formula is C12H21N5O3. The smallest absolute Gasteiger partial charge is 0.353 e. The van der Waals surface area contributed by atoms with E-state index in [9.17, 15) is 10.1 Å². The van der Waals surface area contributed by atoms with Crippen LogP contribution >= 0.6 is 0 Å². The van der Waals surface area contributed by atoms with Crippen LogP contribution in [-0.2, 0) is 4.74 Å². The summed E-state index contributed by atoms with van der Waals surface area (Å²) in [6, 6.07) is 0. The van der Waals surface area contributed by atoms with Gasteiger partial charge in [0.1, 0.15) is 6.33 Å². The fourth-order valence-electron chi connectivity index (χ4n) is 1.61. The van der Waals surface area contributed by atoms with E-state index in [1.807, 2.05) is 13.8 Å². The van der Waals surface area contributed by atoms with E-state index >= 15 is 0 Å². The molecule has 1 rings (SSSR count). The molecule has 0 saturated carbocycles. The fourth-order valence-corrected chi connectivity index (χ4v) is 1.61. The fraction of sp³-hybridized carbons (Fsp3) is 0.667. The van der Waals surface area contributed by atoms with Crippen molar-refractivity contribution in [3.8, 4) is 0 Å². The molecule has 2 N–H and O–H groups in total. The zero-order chi connectivity index (χ0) is 14.8. The minimum atomic E-state index is -0.478. The molecule has 112 valence electrons. The van der Waals surface area contributed by atoms with Crippen LogP contribution in [-0.4, -0.2) is 41.2 Å². The van der Waals surface area contributed by atoms with Crippen LogP contribution < -0.4 is 10.6 Å². The summed E-state index contributed by atoms with van der Waals surface area (Å²) in [7, 11) is 0. The van der Waals surface area contributed by atoms with Crippen molar-refractivity contribution in [2.75, 3.05) is 36.9 Å². The van der Waals surface area contributed by atoms with Gasteiger partial charge in [0.05, 0.1) is 4.92 Å². The summed E-state index contributed by atoms with van der Waals surface area (Å²) < 4.78 is 5.34. The number of hydrogen-bond donors (Lipinski definition) is 2. The molecule has 0 unspecified atom stereocenters. The van der Waals surface area contributed by atoms with Crippen molar-refractivity contribution in [2.24, 2.45) is 0 Å². The van der Waals surface area contributed by atoms with Crippen molar-refractivity contribution >= 4 is 17.3 Å². The molecule has 20 heavy (non-hydrogen) atoms. The first-order chi connectivity index (χ1) is 9.70. The lowest BCUT2D eigenvalue weighted by Crippen LogP contribution is -2.11. The molecular weight excluding hydrogens is 262 g/mol. The minimum absolute atomic E-state index is 0.121. The number of anilines is 2. The average molecular weight is 283 g/mol. The molecule has 0 amide bonds. The molecule has 0 atom stereocenters. The van der Waals surface area contributed by atoms with E-state index in [4.69, 9.17) is 4.74 Å². The number of aromatic nitrogens is 2. The molecule has 1 aromatic heterocycles. The lowest BCUT2D eigenvalue weighted by molar-refractivity contribution is -0.383. The van der Waals surface area contributed by atoms with E-state index in [2.05, 4.69) is 20.6 Å². The summed E-state index contributed by atoms with van der Waals surface area (Å²) in [5, 5.41) is 16.9. The predicted octanol–water partition coefficient (Wildman–Crippen LogP) is 2.05. The maximum atomic E-state index is 11.1. The summed E-state index contributed by atoms with van der Waals surface area (Å²) in [5.74, 6) is 0.466. The topological polar surface area (TPSA) is 102 Å². The van der Waals surface area contributed by atoms with Crippen LogP contribution in [0.25, 0.3) is 0 Å². The maximum absolute atomic E-state index is 11.1. The zero-order valence-corrected chi connectivity index (χ0v) is 11.9. The van der Waals surface area contributed by atoms with Crippen LogP contribution in [0.2, 0.25) is 0 Å². The van der Waals surface area contributed by atoms with Crippen LogP contribution in [0.3, 0.4) is 0 Å². The Balaban J connectivity index is 2.60. The Morgan fingerprint density at radius 1 is 1.25 bits per heavy atom. The molecule has 0 spiro atoms. The number of ether oxygens (including phenoxy) is 1. The molecule has 0 aliphatic rings. The van der Waals surface area contributed by atoms with Crippen LogP contribution in [0.5, 0.6) is 0 Å². The Bertz CT molecular complexity index is 428. The monoisotopic (exact) mass is 283 g/mol. The van der Waals surface area contributed by atoms with Gasteiger partial charge in [-0.05, 0) is 19.8 Å². The first-order valence-corrected chi connectivity index (χ1v) is 6.75. The summed E-state index contributed by atoms with van der Waals surface area (Å²) in [4.78, 5) is 18.5. The third-order valence-corrected chi connectivity index (χ3v) is 2.46. The van der Waals surface area contributed by atoms with Gasteiger partial charge in [0.15, 0.2) is 0 Å². The van der Waals surface area contributed by atoms with Gasteiger partial charge in [-0.15, -0.1) is 0 Å². The number of rotatable bonds is 10. The second-order valence-electron chi connectivity index (χ2n) is 4.10. The molecule has 0 aliphatic carbocycles. The standard InChI is InChI=1S/C12H21N5O3/c1-3-7-20-8-5-6-14-12-10(17(18)19)11(13-4-2)15-9-16-12/h9H,3-8H2,1-2H3,(H2,13,14,15,16). The summed E-state index contributed by atoms with van der Waals surface area (Å²) >= 11 is 0. The van der Waals surface area contributed by atoms with Gasteiger partial charge in [-0.3, -0.25) is 10.1 Å². The lowest BCUT2D eigenvalue weighted by atomic mass is 10.4. The van der Waals surface area contributed by atoms with Crippen molar-refractivity contribution in [1.82, 2.24) is 9.97 Å². The number of nitrogens with one attached hydrogen (secondary N) is 2. The third-order valence-electron chi connectivity index (χ3n) is 2.46.